The molecule has 1 aromatic heterocycles. The van der Waals surface area contributed by atoms with Gasteiger partial charge in [-0.05, 0) is 13.8 Å². The number of sulfone groups is 1. The van der Waals surface area contributed by atoms with Gasteiger partial charge in [0.05, 0.1) is 17.8 Å². The summed E-state index contributed by atoms with van der Waals surface area (Å²) in [6.45, 7) is 6.03. The summed E-state index contributed by atoms with van der Waals surface area (Å²) in [6, 6.07) is 0. The molecule has 0 amide bonds. The normalized spacial score (nSPS) is 11.9. The molecule has 4 nitrogen and oxygen atoms in total. The molecular formula is C9H16N2O2S. The van der Waals surface area contributed by atoms with Crippen LogP contribution >= 0.6 is 0 Å². The van der Waals surface area contributed by atoms with Crippen LogP contribution in [-0.4, -0.2) is 29.5 Å². The minimum atomic E-state index is -2.87. The fourth-order valence-electron chi connectivity index (χ4n) is 1.15. The van der Waals surface area contributed by atoms with Crippen molar-refractivity contribution in [1.82, 2.24) is 9.55 Å². The van der Waals surface area contributed by atoms with Crippen LogP contribution in [0.3, 0.4) is 0 Å². The fourth-order valence-corrected chi connectivity index (χ4v) is 1.91. The second-order valence-corrected chi connectivity index (χ2v) is 5.82. The highest BCUT2D eigenvalue weighted by molar-refractivity contribution is 7.91. The van der Waals surface area contributed by atoms with Crippen LogP contribution < -0.4 is 0 Å². The first-order valence-corrected chi connectivity index (χ1v) is 6.47. The summed E-state index contributed by atoms with van der Waals surface area (Å²) in [5.41, 5.74) is 2.00. The van der Waals surface area contributed by atoms with Crippen LogP contribution in [0, 0.1) is 13.8 Å². The summed E-state index contributed by atoms with van der Waals surface area (Å²) in [5.74, 6) is 0.403. The van der Waals surface area contributed by atoms with Crippen LogP contribution in [-0.2, 0) is 16.4 Å². The summed E-state index contributed by atoms with van der Waals surface area (Å²) >= 11 is 0. The molecule has 0 saturated heterocycles. The standard InChI is InChI=1S/C9H16N2O2S/c1-4-14(12,13)6-5-11-7-10-8(2)9(11)3/h7H,4-6H2,1-3H3. The third-order valence-corrected chi connectivity index (χ3v) is 4.11. The highest BCUT2D eigenvalue weighted by atomic mass is 32.2. The Bertz CT molecular complexity index is 406. The van der Waals surface area contributed by atoms with Crippen LogP contribution in [0.5, 0.6) is 0 Å². The Morgan fingerprint density at radius 1 is 1.43 bits per heavy atom. The average molecular weight is 216 g/mol. The lowest BCUT2D eigenvalue weighted by Crippen LogP contribution is -2.14. The summed E-state index contributed by atoms with van der Waals surface area (Å²) in [6.07, 6.45) is 1.69. The van der Waals surface area contributed by atoms with Gasteiger partial charge in [0.2, 0.25) is 0 Å². The lowest BCUT2D eigenvalue weighted by atomic mass is 10.4. The number of hydrogen-bond acceptors (Lipinski definition) is 3. The Morgan fingerprint density at radius 3 is 2.50 bits per heavy atom. The molecule has 0 aliphatic rings. The van der Waals surface area contributed by atoms with Gasteiger partial charge in [-0.15, -0.1) is 0 Å². The van der Waals surface area contributed by atoms with Crippen LogP contribution in [0.1, 0.15) is 18.3 Å². The van der Waals surface area contributed by atoms with Crippen LogP contribution in [0.4, 0.5) is 0 Å². The van der Waals surface area contributed by atoms with E-state index < -0.39 is 9.84 Å². The molecule has 0 radical (unpaired) electrons. The van der Waals surface area contributed by atoms with Crippen molar-refractivity contribution in [2.45, 2.75) is 27.3 Å². The Labute approximate surface area is 84.9 Å². The maximum atomic E-state index is 11.3. The molecule has 0 spiro atoms. The maximum absolute atomic E-state index is 11.3. The summed E-state index contributed by atoms with van der Waals surface area (Å²) < 4.78 is 24.4. The highest BCUT2D eigenvalue weighted by Gasteiger charge is 2.09. The minimum Gasteiger partial charge on any atom is -0.334 e. The van der Waals surface area contributed by atoms with Crippen molar-refractivity contribution < 1.29 is 8.42 Å². The maximum Gasteiger partial charge on any atom is 0.151 e. The summed E-state index contributed by atoms with van der Waals surface area (Å²) in [7, 11) is -2.87. The van der Waals surface area contributed by atoms with Crippen molar-refractivity contribution >= 4 is 9.84 Å². The number of nitrogens with zero attached hydrogens (tertiary/aromatic N) is 2. The zero-order valence-corrected chi connectivity index (χ0v) is 9.63. The van der Waals surface area contributed by atoms with E-state index >= 15 is 0 Å². The van der Waals surface area contributed by atoms with E-state index in [1.54, 1.807) is 13.3 Å². The fraction of sp³-hybridized carbons (Fsp3) is 0.667. The molecule has 1 aromatic rings. The van der Waals surface area contributed by atoms with Gasteiger partial charge in [0.1, 0.15) is 0 Å². The molecule has 1 heterocycles. The number of rotatable bonds is 4. The van der Waals surface area contributed by atoms with E-state index in [9.17, 15) is 8.42 Å². The molecule has 0 unspecified atom stereocenters. The molecule has 0 bridgehead atoms. The molecule has 1 rings (SSSR count). The quantitative estimate of drug-likeness (QED) is 0.752. The molecule has 0 fully saturated rings. The van der Waals surface area contributed by atoms with E-state index in [0.717, 1.165) is 11.4 Å². The lowest BCUT2D eigenvalue weighted by molar-refractivity contribution is 0.589. The summed E-state index contributed by atoms with van der Waals surface area (Å²) in [5, 5.41) is 0. The van der Waals surface area contributed by atoms with Gasteiger partial charge in [-0.25, -0.2) is 13.4 Å². The van der Waals surface area contributed by atoms with Crippen molar-refractivity contribution in [3.05, 3.63) is 17.7 Å². The number of aryl methyl sites for hydroxylation is 2. The average Bonchev–Trinajstić information content (AvgIpc) is 2.45. The minimum absolute atomic E-state index is 0.195. The molecular weight excluding hydrogens is 200 g/mol. The topological polar surface area (TPSA) is 52.0 Å². The molecule has 0 aliphatic carbocycles. The smallest absolute Gasteiger partial charge is 0.151 e. The second kappa shape index (κ2) is 4.13. The number of hydrogen-bond donors (Lipinski definition) is 0. The number of imidazole rings is 1. The Balaban J connectivity index is 2.68. The van der Waals surface area contributed by atoms with E-state index in [1.807, 2.05) is 18.4 Å². The van der Waals surface area contributed by atoms with Gasteiger partial charge in [0.15, 0.2) is 9.84 Å². The predicted molar refractivity (Wildman–Crippen MR) is 56.0 cm³/mol. The molecule has 0 aliphatic heterocycles. The van der Waals surface area contributed by atoms with E-state index in [-0.39, 0.29) is 11.5 Å². The largest absolute Gasteiger partial charge is 0.334 e. The third-order valence-electron chi connectivity index (χ3n) is 2.43. The lowest BCUT2D eigenvalue weighted by Gasteiger charge is -2.04. The van der Waals surface area contributed by atoms with E-state index in [1.165, 1.54) is 0 Å². The first kappa shape index (κ1) is 11.2. The van der Waals surface area contributed by atoms with Gasteiger partial charge in [-0.3, -0.25) is 0 Å². The molecule has 0 N–H and O–H groups in total. The predicted octanol–water partition coefficient (Wildman–Crippen LogP) is 0.935. The SMILES string of the molecule is CCS(=O)(=O)CCn1cnc(C)c1C. The van der Waals surface area contributed by atoms with Crippen LogP contribution in [0.15, 0.2) is 6.33 Å². The molecule has 0 aromatic carbocycles. The monoisotopic (exact) mass is 216 g/mol. The molecule has 0 saturated carbocycles. The van der Waals surface area contributed by atoms with E-state index in [4.69, 9.17) is 0 Å². The van der Waals surface area contributed by atoms with Gasteiger partial charge >= 0.3 is 0 Å². The summed E-state index contributed by atoms with van der Waals surface area (Å²) in [4.78, 5) is 4.11. The highest BCUT2D eigenvalue weighted by Crippen LogP contribution is 2.04. The van der Waals surface area contributed by atoms with Crippen molar-refractivity contribution in [3.63, 3.8) is 0 Å². The first-order valence-electron chi connectivity index (χ1n) is 4.65. The molecule has 80 valence electrons. The van der Waals surface area contributed by atoms with Gasteiger partial charge < -0.3 is 4.57 Å². The van der Waals surface area contributed by atoms with Crippen LogP contribution in [0.2, 0.25) is 0 Å². The van der Waals surface area contributed by atoms with Gasteiger partial charge in [-0.1, -0.05) is 6.92 Å². The van der Waals surface area contributed by atoms with E-state index in [0.29, 0.717) is 6.54 Å². The Kier molecular flexibility index (Phi) is 3.31. The molecule has 14 heavy (non-hydrogen) atoms. The Morgan fingerprint density at radius 2 is 2.07 bits per heavy atom. The van der Waals surface area contributed by atoms with E-state index in [2.05, 4.69) is 4.98 Å². The molecule has 0 atom stereocenters. The second-order valence-electron chi connectivity index (χ2n) is 3.35. The van der Waals surface area contributed by atoms with Crippen molar-refractivity contribution in [2.24, 2.45) is 0 Å². The zero-order valence-electron chi connectivity index (χ0n) is 8.82. The Hall–Kier alpha value is -0.840. The van der Waals surface area contributed by atoms with Crippen molar-refractivity contribution in [1.29, 1.82) is 0 Å². The van der Waals surface area contributed by atoms with Crippen LogP contribution in [0.25, 0.3) is 0 Å². The van der Waals surface area contributed by atoms with Gasteiger partial charge in [-0.2, -0.15) is 0 Å². The molecule has 5 heteroatoms. The third kappa shape index (κ3) is 2.57. The van der Waals surface area contributed by atoms with Gasteiger partial charge in [0, 0.05) is 18.0 Å². The zero-order chi connectivity index (χ0) is 10.8. The first-order chi connectivity index (χ1) is 6.46. The van der Waals surface area contributed by atoms with Crippen molar-refractivity contribution in [2.75, 3.05) is 11.5 Å². The van der Waals surface area contributed by atoms with Crippen molar-refractivity contribution in [3.8, 4) is 0 Å². The van der Waals surface area contributed by atoms with Gasteiger partial charge in [0.25, 0.3) is 0 Å². The number of aromatic nitrogens is 2.